The summed E-state index contributed by atoms with van der Waals surface area (Å²) in [5.41, 5.74) is -0.952. The van der Waals surface area contributed by atoms with Crippen molar-refractivity contribution in [3.8, 4) is 0 Å². The van der Waals surface area contributed by atoms with Gasteiger partial charge in [-0.25, -0.2) is 4.79 Å². The number of aliphatic hydroxyl groups excluding tert-OH is 1. The first-order valence-corrected chi connectivity index (χ1v) is 16.5. The summed E-state index contributed by atoms with van der Waals surface area (Å²) >= 11 is 0. The highest BCUT2D eigenvalue weighted by molar-refractivity contribution is 6.99. The first-order chi connectivity index (χ1) is 21.5. The molecule has 2 N–H and O–H groups in total. The minimum atomic E-state index is -3.28. The number of fused-ring (bicyclic) bond motifs is 1. The summed E-state index contributed by atoms with van der Waals surface area (Å²) in [7, 11) is -3.28. The van der Waals surface area contributed by atoms with Gasteiger partial charge in [0.2, 0.25) is 0 Å². The lowest BCUT2D eigenvalue weighted by Gasteiger charge is -2.45. The highest BCUT2D eigenvalue weighted by Gasteiger charge is 2.56. The summed E-state index contributed by atoms with van der Waals surface area (Å²) in [5, 5.41) is 13.9. The highest BCUT2D eigenvalue weighted by Crippen LogP contribution is 2.41. The maximum Gasteiger partial charge on any atom is 0.330 e. The second-order valence-electron chi connectivity index (χ2n) is 12.1. The number of carbonyl (C=O) groups excluding carboxylic acids is 2. The number of aromatic nitrogens is 2. The van der Waals surface area contributed by atoms with Crippen LogP contribution in [0.25, 0.3) is 0 Å². The maximum absolute atomic E-state index is 13.0. The third-order valence-electron chi connectivity index (χ3n) is 8.29. The van der Waals surface area contributed by atoms with Gasteiger partial charge < -0.3 is 14.3 Å². The molecule has 0 bridgehead atoms. The number of hydrogen-bond donors (Lipinski definition) is 2. The van der Waals surface area contributed by atoms with Gasteiger partial charge in [0, 0.05) is 12.3 Å². The van der Waals surface area contributed by atoms with E-state index in [1.165, 1.54) is 6.20 Å². The minimum absolute atomic E-state index is 0.215. The van der Waals surface area contributed by atoms with Crippen molar-refractivity contribution in [1.29, 1.82) is 0 Å². The first-order valence-electron chi connectivity index (χ1n) is 14.6. The normalized spacial score (nSPS) is 21.7. The van der Waals surface area contributed by atoms with Crippen LogP contribution in [0.5, 0.6) is 0 Å². The van der Waals surface area contributed by atoms with Crippen molar-refractivity contribution in [3.05, 3.63) is 129 Å². The molecule has 0 aliphatic carbocycles. The number of H-pyrrole nitrogens is 1. The van der Waals surface area contributed by atoms with E-state index in [9.17, 15) is 24.3 Å². The zero-order valence-corrected chi connectivity index (χ0v) is 26.0. The Morgan fingerprint density at radius 1 is 0.822 bits per heavy atom. The monoisotopic (exact) mass is 627 g/mol. The molecule has 2 aliphatic heterocycles. The average molecular weight is 628 g/mol. The Morgan fingerprint density at radius 2 is 1.36 bits per heavy atom. The molecule has 0 radical (unpaired) electrons. The minimum Gasteiger partial charge on any atom is -0.399 e. The second-order valence-corrected chi connectivity index (χ2v) is 16.3. The van der Waals surface area contributed by atoms with Crippen molar-refractivity contribution in [2.45, 2.75) is 50.3 Å². The standard InChI is InChI=1S/C33H33N3O8Si/c1-33(2,3)45(21-12-6-4-7-13-21,22-14-8-5-9-15-22)44-28-25(43-31(27(28)38)35-19-18-26(37)34-32(35)41)20-42-36-29(39)23-16-10-11-17-24(23)30(36)40/h4-19,25,27-28,31,38H,20H2,1-3H3,(H,34,37,41)/t25-,27-,28-,31-/m1/s1. The second kappa shape index (κ2) is 11.8. The Labute approximate surface area is 259 Å². The molecule has 3 heterocycles. The number of hydrogen-bond acceptors (Lipinski definition) is 8. The molecule has 0 spiro atoms. The van der Waals surface area contributed by atoms with E-state index in [0.717, 1.165) is 21.0 Å². The van der Waals surface area contributed by atoms with Gasteiger partial charge in [0.25, 0.3) is 25.7 Å². The lowest BCUT2D eigenvalue weighted by atomic mass is 10.1. The van der Waals surface area contributed by atoms with Crippen molar-refractivity contribution in [2.75, 3.05) is 6.61 Å². The molecule has 0 saturated carbocycles. The molecule has 2 amide bonds. The van der Waals surface area contributed by atoms with Crippen LogP contribution in [-0.2, 0) is 14.0 Å². The molecule has 2 aliphatic rings. The van der Waals surface area contributed by atoms with E-state index in [2.05, 4.69) is 25.8 Å². The van der Waals surface area contributed by atoms with Gasteiger partial charge in [0.1, 0.15) is 24.9 Å². The van der Waals surface area contributed by atoms with Gasteiger partial charge in [-0.05, 0) is 27.5 Å². The van der Waals surface area contributed by atoms with Crippen LogP contribution in [0.4, 0.5) is 0 Å². The number of benzene rings is 3. The molecule has 1 saturated heterocycles. The molecule has 232 valence electrons. The predicted molar refractivity (Wildman–Crippen MR) is 167 cm³/mol. The molecule has 0 unspecified atom stereocenters. The van der Waals surface area contributed by atoms with Gasteiger partial charge in [-0.1, -0.05) is 93.6 Å². The quantitative estimate of drug-likeness (QED) is 0.223. The van der Waals surface area contributed by atoms with E-state index >= 15 is 0 Å². The van der Waals surface area contributed by atoms with Crippen LogP contribution in [-0.4, -0.2) is 64.8 Å². The smallest absolute Gasteiger partial charge is 0.330 e. The Balaban J connectivity index is 1.42. The van der Waals surface area contributed by atoms with E-state index in [1.807, 2.05) is 60.7 Å². The molecule has 1 fully saturated rings. The number of nitrogens with zero attached hydrogens (tertiary/aromatic N) is 2. The topological polar surface area (TPSA) is 140 Å². The van der Waals surface area contributed by atoms with E-state index in [-0.39, 0.29) is 17.7 Å². The Morgan fingerprint density at radius 3 is 1.87 bits per heavy atom. The summed E-state index contributed by atoms with van der Waals surface area (Å²) in [6.07, 6.45) is -3.58. The zero-order chi connectivity index (χ0) is 31.9. The van der Waals surface area contributed by atoms with Crippen molar-refractivity contribution < 1.29 is 28.7 Å². The van der Waals surface area contributed by atoms with Crippen molar-refractivity contribution in [2.24, 2.45) is 0 Å². The van der Waals surface area contributed by atoms with E-state index in [1.54, 1.807) is 24.3 Å². The third-order valence-corrected chi connectivity index (χ3v) is 13.3. The summed E-state index contributed by atoms with van der Waals surface area (Å²) < 4.78 is 14.5. The van der Waals surface area contributed by atoms with E-state index in [4.69, 9.17) is 14.0 Å². The molecule has 11 nitrogen and oxygen atoms in total. The molecule has 1 aromatic heterocycles. The van der Waals surface area contributed by atoms with Gasteiger partial charge in [0.15, 0.2) is 6.23 Å². The van der Waals surface area contributed by atoms with Crippen LogP contribution < -0.4 is 21.6 Å². The largest absolute Gasteiger partial charge is 0.399 e. The number of amides is 2. The fourth-order valence-corrected chi connectivity index (χ4v) is 10.9. The lowest BCUT2D eigenvalue weighted by Crippen LogP contribution is -2.69. The van der Waals surface area contributed by atoms with Crippen LogP contribution >= 0.6 is 0 Å². The van der Waals surface area contributed by atoms with Crippen molar-refractivity contribution >= 4 is 30.5 Å². The zero-order valence-electron chi connectivity index (χ0n) is 25.0. The van der Waals surface area contributed by atoms with Gasteiger partial charge in [0.05, 0.1) is 11.1 Å². The predicted octanol–water partition coefficient (Wildman–Crippen LogP) is 1.97. The molecule has 12 heteroatoms. The van der Waals surface area contributed by atoms with Crippen LogP contribution in [0.1, 0.15) is 47.7 Å². The van der Waals surface area contributed by atoms with Crippen LogP contribution in [0.3, 0.4) is 0 Å². The van der Waals surface area contributed by atoms with Gasteiger partial charge in [-0.15, -0.1) is 5.06 Å². The number of aliphatic hydroxyl groups is 1. The number of imide groups is 1. The third kappa shape index (κ3) is 5.30. The van der Waals surface area contributed by atoms with E-state index in [0.29, 0.717) is 5.06 Å². The summed E-state index contributed by atoms with van der Waals surface area (Å²) in [4.78, 5) is 58.7. The molecule has 4 aromatic rings. The Hall–Kier alpha value is -4.46. The van der Waals surface area contributed by atoms with Crippen molar-refractivity contribution in [1.82, 2.24) is 14.6 Å². The molecule has 4 atom stereocenters. The Kier molecular flexibility index (Phi) is 8.01. The van der Waals surface area contributed by atoms with E-state index < -0.39 is 61.0 Å². The summed E-state index contributed by atoms with van der Waals surface area (Å²) in [5.74, 6) is -1.24. The van der Waals surface area contributed by atoms with Gasteiger partial charge >= 0.3 is 5.69 Å². The fourth-order valence-electron chi connectivity index (χ4n) is 6.18. The molecular formula is C33H33N3O8Si. The summed E-state index contributed by atoms with van der Waals surface area (Å²) in [6.45, 7) is 5.88. The number of hydroxylamine groups is 2. The lowest BCUT2D eigenvalue weighted by molar-refractivity contribution is -0.140. The molecule has 3 aromatic carbocycles. The molecular weight excluding hydrogens is 594 g/mol. The summed E-state index contributed by atoms with van der Waals surface area (Å²) in [6, 6.07) is 27.1. The van der Waals surface area contributed by atoms with Gasteiger partial charge in [-0.3, -0.25) is 28.8 Å². The molecule has 45 heavy (non-hydrogen) atoms. The number of ether oxygens (including phenoxy) is 1. The van der Waals surface area contributed by atoms with Crippen molar-refractivity contribution in [3.63, 3.8) is 0 Å². The van der Waals surface area contributed by atoms with Crippen LogP contribution in [0.2, 0.25) is 5.04 Å². The maximum atomic E-state index is 13.0. The van der Waals surface area contributed by atoms with Crippen LogP contribution in [0, 0.1) is 0 Å². The fraction of sp³-hybridized carbons (Fsp3) is 0.273. The average Bonchev–Trinajstić information content (AvgIpc) is 3.46. The highest BCUT2D eigenvalue weighted by atomic mass is 28.4. The number of aromatic amines is 1. The molecule has 6 rings (SSSR count). The first kappa shape index (κ1) is 30.6. The number of nitrogens with one attached hydrogen (secondary N) is 1. The Bertz CT molecular complexity index is 1760. The number of carbonyl (C=O) groups is 2. The van der Waals surface area contributed by atoms with Gasteiger partial charge in [-0.2, -0.15) is 0 Å². The SMILES string of the molecule is CC(C)(C)[Si](O[C@H]1[C@@H](O)[C@H](n2ccc(=O)[nH]c2=O)O[C@@H]1CON1C(=O)c2ccccc2C1=O)(c1ccccc1)c1ccccc1. The number of rotatable bonds is 8. The van der Waals surface area contributed by atoms with Crippen LogP contribution in [0.15, 0.2) is 107 Å².